The molecule has 0 aliphatic carbocycles. The number of rotatable bonds is 4. The molecule has 0 saturated heterocycles. The van der Waals surface area contributed by atoms with E-state index in [-0.39, 0.29) is 10.6 Å². The van der Waals surface area contributed by atoms with E-state index in [1.165, 1.54) is 0 Å². The first-order valence-corrected chi connectivity index (χ1v) is 6.45. The van der Waals surface area contributed by atoms with Gasteiger partial charge in [-0.15, -0.1) is 11.3 Å². The number of hydrogen-bond acceptors (Lipinski definition) is 7. The van der Waals surface area contributed by atoms with Gasteiger partial charge in [0.15, 0.2) is 4.34 Å². The first-order valence-electron chi connectivity index (χ1n) is 4.65. The Balaban J connectivity index is 2.54. The van der Waals surface area contributed by atoms with Crippen LogP contribution in [0.15, 0.2) is 4.34 Å². The number of methoxy groups -OCH3 is 1. The fraction of sp³-hybridized carbons (Fsp3) is 0.333. The fourth-order valence-corrected chi connectivity index (χ4v) is 2.79. The van der Waals surface area contributed by atoms with Gasteiger partial charge in [-0.2, -0.15) is 0 Å². The number of alkyl carbamates (subject to hydrolysis) is 1. The predicted octanol–water partition coefficient (Wildman–Crippen LogP) is 1.12. The van der Waals surface area contributed by atoms with Gasteiger partial charge in [0.1, 0.15) is 4.88 Å². The molecule has 7 nitrogen and oxygen atoms in total. The van der Waals surface area contributed by atoms with Gasteiger partial charge in [0, 0.05) is 0 Å². The number of nitrogens with zero attached hydrogens (tertiary/aromatic N) is 1. The highest BCUT2D eigenvalue weighted by Gasteiger charge is 2.15. The van der Waals surface area contributed by atoms with Crippen LogP contribution >= 0.6 is 23.1 Å². The van der Waals surface area contributed by atoms with Crippen molar-refractivity contribution in [1.29, 1.82) is 0 Å². The molecule has 0 aromatic carbocycles. The summed E-state index contributed by atoms with van der Waals surface area (Å²) in [6.07, 6.45) is -0.831. The van der Waals surface area contributed by atoms with E-state index in [0.29, 0.717) is 10.0 Å². The molecule has 1 heterocycles. The van der Waals surface area contributed by atoms with Crippen molar-refractivity contribution in [1.82, 2.24) is 10.3 Å². The van der Waals surface area contributed by atoms with Crippen molar-refractivity contribution in [3.63, 3.8) is 0 Å². The Labute approximate surface area is 111 Å². The number of carboxylic acid groups (broad SMARTS) is 1. The van der Waals surface area contributed by atoms with E-state index in [9.17, 15) is 14.4 Å². The zero-order chi connectivity index (χ0) is 13.7. The summed E-state index contributed by atoms with van der Waals surface area (Å²) >= 11 is 2.05. The topological polar surface area (TPSA) is 106 Å². The smallest absolute Gasteiger partial charge is 0.413 e. The molecule has 1 rings (SSSR count). The van der Waals surface area contributed by atoms with Crippen LogP contribution in [0, 0.1) is 6.92 Å². The van der Waals surface area contributed by atoms with Crippen molar-refractivity contribution in [2.75, 3.05) is 12.9 Å². The number of nitrogens with one attached hydrogen (secondary N) is 1. The number of carbonyl (C=O) groups excluding carboxylic acids is 2. The predicted molar refractivity (Wildman–Crippen MR) is 65.1 cm³/mol. The van der Waals surface area contributed by atoms with Crippen LogP contribution in [0.3, 0.4) is 0 Å². The van der Waals surface area contributed by atoms with Crippen LogP contribution in [0.5, 0.6) is 0 Å². The Morgan fingerprint density at radius 2 is 2.17 bits per heavy atom. The normalized spacial score (nSPS) is 9.89. The molecule has 0 unspecified atom stereocenters. The summed E-state index contributed by atoms with van der Waals surface area (Å²) in [5, 5.41) is 10.8. The standard InChI is InChI=1S/C9H10N2O5S2/c1-4-6(7(13)14)18-9(10-4)17-3-5(12)11-8(15)16-2/h3H2,1-2H3,(H,13,14)(H,11,12,15). The van der Waals surface area contributed by atoms with Crippen LogP contribution in [0.2, 0.25) is 0 Å². The lowest BCUT2D eigenvalue weighted by Crippen LogP contribution is -2.31. The molecule has 0 radical (unpaired) electrons. The summed E-state index contributed by atoms with van der Waals surface area (Å²) in [4.78, 5) is 36.9. The van der Waals surface area contributed by atoms with Crippen molar-refractivity contribution >= 4 is 41.1 Å². The van der Waals surface area contributed by atoms with E-state index in [4.69, 9.17) is 5.11 Å². The molecule has 0 saturated carbocycles. The molecule has 0 atom stereocenters. The molecule has 18 heavy (non-hydrogen) atoms. The molecule has 0 aliphatic rings. The maximum Gasteiger partial charge on any atom is 0.413 e. The molecule has 0 spiro atoms. The van der Waals surface area contributed by atoms with Crippen LogP contribution in [-0.4, -0.2) is 40.9 Å². The van der Waals surface area contributed by atoms with Gasteiger partial charge in [0.05, 0.1) is 18.6 Å². The van der Waals surface area contributed by atoms with Gasteiger partial charge in [-0.3, -0.25) is 10.1 Å². The monoisotopic (exact) mass is 290 g/mol. The molecule has 1 aromatic rings. The van der Waals surface area contributed by atoms with E-state index in [1.807, 2.05) is 5.32 Å². The molecule has 0 fully saturated rings. The van der Waals surface area contributed by atoms with Gasteiger partial charge in [0.2, 0.25) is 5.91 Å². The van der Waals surface area contributed by atoms with Crippen LogP contribution in [0.4, 0.5) is 4.79 Å². The second kappa shape index (κ2) is 6.36. The van der Waals surface area contributed by atoms with Crippen LogP contribution in [0.25, 0.3) is 0 Å². The number of aromatic carboxylic acids is 1. The van der Waals surface area contributed by atoms with Crippen molar-refractivity contribution < 1.29 is 24.2 Å². The van der Waals surface area contributed by atoms with Gasteiger partial charge in [-0.25, -0.2) is 14.6 Å². The Kier molecular flexibility index (Phi) is 5.10. The molecule has 0 aliphatic heterocycles. The van der Waals surface area contributed by atoms with E-state index in [2.05, 4.69) is 9.72 Å². The highest BCUT2D eigenvalue weighted by molar-refractivity contribution is 8.01. The number of thiazole rings is 1. The minimum atomic E-state index is -1.05. The van der Waals surface area contributed by atoms with Crippen molar-refractivity contribution in [3.8, 4) is 0 Å². The van der Waals surface area contributed by atoms with E-state index in [0.717, 1.165) is 30.2 Å². The van der Waals surface area contributed by atoms with Gasteiger partial charge in [-0.1, -0.05) is 11.8 Å². The zero-order valence-corrected chi connectivity index (χ0v) is 11.2. The Morgan fingerprint density at radius 1 is 1.50 bits per heavy atom. The Bertz CT molecular complexity index is 485. The number of hydrogen-bond donors (Lipinski definition) is 2. The summed E-state index contributed by atoms with van der Waals surface area (Å²) in [6.45, 7) is 1.58. The lowest BCUT2D eigenvalue weighted by Gasteiger charge is -2.00. The number of carboxylic acids is 1. The largest absolute Gasteiger partial charge is 0.477 e. The third-order valence-corrected chi connectivity index (χ3v) is 4.01. The Hall–Kier alpha value is -1.61. The molecule has 98 valence electrons. The maximum absolute atomic E-state index is 11.2. The number of amides is 2. The first kappa shape index (κ1) is 14.5. The Morgan fingerprint density at radius 3 is 2.67 bits per heavy atom. The minimum absolute atomic E-state index is 0.0406. The van der Waals surface area contributed by atoms with Crippen molar-refractivity contribution in [2.45, 2.75) is 11.3 Å². The zero-order valence-electron chi connectivity index (χ0n) is 9.55. The van der Waals surface area contributed by atoms with Crippen molar-refractivity contribution in [3.05, 3.63) is 10.6 Å². The summed E-state index contributed by atoms with van der Waals surface area (Å²) in [5.41, 5.74) is 0.406. The molecule has 9 heteroatoms. The fourth-order valence-electron chi connectivity index (χ4n) is 0.960. The van der Waals surface area contributed by atoms with E-state index in [1.54, 1.807) is 6.92 Å². The molecule has 0 bridgehead atoms. The van der Waals surface area contributed by atoms with Gasteiger partial charge in [-0.05, 0) is 6.92 Å². The highest BCUT2D eigenvalue weighted by atomic mass is 32.2. The average Bonchev–Trinajstić information content (AvgIpc) is 2.68. The van der Waals surface area contributed by atoms with Gasteiger partial charge < -0.3 is 9.84 Å². The number of aromatic nitrogens is 1. The molecular weight excluding hydrogens is 280 g/mol. The van der Waals surface area contributed by atoms with E-state index < -0.39 is 18.0 Å². The highest BCUT2D eigenvalue weighted by Crippen LogP contribution is 2.26. The number of aryl methyl sites for hydroxylation is 1. The summed E-state index contributed by atoms with van der Waals surface area (Å²) in [7, 11) is 1.15. The number of imide groups is 1. The van der Waals surface area contributed by atoms with Crippen LogP contribution in [0.1, 0.15) is 15.4 Å². The van der Waals surface area contributed by atoms with Crippen LogP contribution < -0.4 is 5.32 Å². The first-order chi connectivity index (χ1) is 8.43. The molecular formula is C9H10N2O5S2. The lowest BCUT2D eigenvalue weighted by atomic mass is 10.4. The number of carbonyl (C=O) groups is 3. The minimum Gasteiger partial charge on any atom is -0.477 e. The SMILES string of the molecule is COC(=O)NC(=O)CSc1nc(C)c(C(=O)O)s1. The summed E-state index contributed by atoms with van der Waals surface area (Å²) < 4.78 is 4.72. The summed E-state index contributed by atoms with van der Waals surface area (Å²) in [5.74, 6) is -1.62. The molecule has 1 aromatic heterocycles. The second-order valence-corrected chi connectivity index (χ2v) is 5.25. The summed E-state index contributed by atoms with van der Waals surface area (Å²) in [6, 6.07) is 0. The maximum atomic E-state index is 11.2. The lowest BCUT2D eigenvalue weighted by molar-refractivity contribution is -0.117. The van der Waals surface area contributed by atoms with Crippen molar-refractivity contribution in [2.24, 2.45) is 0 Å². The molecule has 2 N–H and O–H groups in total. The average molecular weight is 290 g/mol. The third kappa shape index (κ3) is 4.00. The number of thioether (sulfide) groups is 1. The van der Waals surface area contributed by atoms with Gasteiger partial charge in [0.25, 0.3) is 0 Å². The van der Waals surface area contributed by atoms with E-state index >= 15 is 0 Å². The molecule has 2 amide bonds. The van der Waals surface area contributed by atoms with Crippen LogP contribution in [-0.2, 0) is 9.53 Å². The quantitative estimate of drug-likeness (QED) is 0.800. The van der Waals surface area contributed by atoms with Gasteiger partial charge >= 0.3 is 12.1 Å². The third-order valence-electron chi connectivity index (χ3n) is 1.72. The number of ether oxygens (including phenoxy) is 1. The second-order valence-electron chi connectivity index (χ2n) is 3.03.